The third-order valence-corrected chi connectivity index (χ3v) is 6.46. The molecule has 2 saturated heterocycles. The van der Waals surface area contributed by atoms with E-state index in [9.17, 15) is 4.79 Å². The number of piperidine rings is 1. The molecule has 2 aromatic rings. The van der Waals surface area contributed by atoms with Crippen LogP contribution in [0.25, 0.3) is 0 Å². The van der Waals surface area contributed by atoms with Gasteiger partial charge in [0, 0.05) is 6.92 Å². The SMILES string of the molecule is CC(=O)N1C[C@]23C=C[C@H](C[C@H]2CC1(c1ccccc1)c1ccccc1)O3. The fourth-order valence-electron chi connectivity index (χ4n) is 5.32. The number of hydrogen-bond acceptors (Lipinski definition) is 2. The van der Waals surface area contributed by atoms with Gasteiger partial charge in [-0.1, -0.05) is 72.8 Å². The van der Waals surface area contributed by atoms with E-state index < -0.39 is 5.54 Å². The van der Waals surface area contributed by atoms with Crippen LogP contribution in [-0.2, 0) is 15.1 Å². The largest absolute Gasteiger partial charge is 0.361 e. The first-order valence-electron chi connectivity index (χ1n) is 9.40. The maximum absolute atomic E-state index is 12.9. The molecule has 3 atom stereocenters. The van der Waals surface area contributed by atoms with Crippen LogP contribution in [0.1, 0.15) is 30.9 Å². The summed E-state index contributed by atoms with van der Waals surface area (Å²) in [4.78, 5) is 14.9. The average molecular weight is 345 g/mol. The van der Waals surface area contributed by atoms with Crippen molar-refractivity contribution in [2.45, 2.75) is 37.0 Å². The van der Waals surface area contributed by atoms with E-state index in [1.807, 2.05) is 17.0 Å². The second kappa shape index (κ2) is 5.55. The minimum absolute atomic E-state index is 0.0953. The van der Waals surface area contributed by atoms with E-state index in [0.717, 1.165) is 12.8 Å². The molecule has 0 aliphatic carbocycles. The van der Waals surface area contributed by atoms with E-state index in [1.54, 1.807) is 6.92 Å². The molecule has 5 rings (SSSR count). The predicted octanol–water partition coefficient (Wildman–Crippen LogP) is 3.90. The zero-order valence-electron chi connectivity index (χ0n) is 15.0. The first-order chi connectivity index (χ1) is 12.6. The number of carbonyl (C=O) groups is 1. The van der Waals surface area contributed by atoms with Crippen LogP contribution in [0, 0.1) is 5.92 Å². The van der Waals surface area contributed by atoms with Crippen LogP contribution < -0.4 is 0 Å². The number of amides is 1. The van der Waals surface area contributed by atoms with Crippen LogP contribution in [0.15, 0.2) is 72.8 Å². The van der Waals surface area contributed by atoms with Crippen molar-refractivity contribution >= 4 is 5.91 Å². The highest BCUT2D eigenvalue weighted by molar-refractivity contribution is 5.76. The van der Waals surface area contributed by atoms with E-state index >= 15 is 0 Å². The second-order valence-corrected chi connectivity index (χ2v) is 7.80. The summed E-state index contributed by atoms with van der Waals surface area (Å²) < 4.78 is 6.30. The molecule has 3 nitrogen and oxygen atoms in total. The Morgan fingerprint density at radius 2 is 1.65 bits per heavy atom. The smallest absolute Gasteiger partial charge is 0.220 e. The topological polar surface area (TPSA) is 29.5 Å². The van der Waals surface area contributed by atoms with Crippen molar-refractivity contribution in [3.8, 4) is 0 Å². The molecule has 0 unspecified atom stereocenters. The summed E-state index contributed by atoms with van der Waals surface area (Å²) >= 11 is 0. The van der Waals surface area contributed by atoms with E-state index in [2.05, 4.69) is 60.7 Å². The number of nitrogens with zero attached hydrogens (tertiary/aromatic N) is 1. The molecule has 26 heavy (non-hydrogen) atoms. The van der Waals surface area contributed by atoms with Gasteiger partial charge in [0.2, 0.25) is 5.91 Å². The summed E-state index contributed by atoms with van der Waals surface area (Å²) in [5, 5.41) is 0. The standard InChI is InChI=1S/C23H23NO2/c1-17(25)24-16-22-13-12-21(26-22)14-20(22)15-23(24,18-8-4-2-5-9-18)19-10-6-3-7-11-19/h2-13,20-21H,14-16H2,1H3/t20-,21+,22+/m0/s1. The second-order valence-electron chi connectivity index (χ2n) is 7.80. The molecule has 3 aliphatic rings. The Bertz CT molecular complexity index is 821. The van der Waals surface area contributed by atoms with Gasteiger partial charge in [-0.05, 0) is 29.9 Å². The molecule has 0 saturated carbocycles. The minimum atomic E-state index is -0.439. The van der Waals surface area contributed by atoms with Gasteiger partial charge < -0.3 is 9.64 Å². The van der Waals surface area contributed by atoms with Crippen LogP contribution in [-0.4, -0.2) is 29.1 Å². The maximum atomic E-state index is 12.9. The van der Waals surface area contributed by atoms with Gasteiger partial charge in [0.15, 0.2) is 0 Å². The van der Waals surface area contributed by atoms with E-state index in [1.165, 1.54) is 11.1 Å². The Morgan fingerprint density at radius 3 is 2.19 bits per heavy atom. The Morgan fingerprint density at radius 1 is 1.04 bits per heavy atom. The molecule has 2 bridgehead atoms. The van der Waals surface area contributed by atoms with E-state index in [-0.39, 0.29) is 17.6 Å². The van der Waals surface area contributed by atoms with Gasteiger partial charge >= 0.3 is 0 Å². The summed E-state index contributed by atoms with van der Waals surface area (Å²) in [6, 6.07) is 21.0. The number of likely N-dealkylation sites (tertiary alicyclic amines) is 1. The zero-order chi connectivity index (χ0) is 17.8. The average Bonchev–Trinajstić information content (AvgIpc) is 3.25. The predicted molar refractivity (Wildman–Crippen MR) is 101 cm³/mol. The minimum Gasteiger partial charge on any atom is -0.361 e. The number of carbonyl (C=O) groups excluding carboxylic acids is 1. The van der Waals surface area contributed by atoms with Crippen LogP contribution in [0.4, 0.5) is 0 Å². The van der Waals surface area contributed by atoms with E-state index in [0.29, 0.717) is 12.5 Å². The number of hydrogen-bond donors (Lipinski definition) is 0. The summed E-state index contributed by atoms with van der Waals surface area (Å²) in [5.41, 5.74) is 1.63. The highest BCUT2D eigenvalue weighted by Crippen LogP contribution is 2.56. The van der Waals surface area contributed by atoms with Gasteiger partial charge in [-0.2, -0.15) is 0 Å². The number of rotatable bonds is 2. The molecular weight excluding hydrogens is 322 g/mol. The summed E-state index contributed by atoms with van der Waals surface area (Å²) in [6.45, 7) is 2.30. The quantitative estimate of drug-likeness (QED) is 0.773. The van der Waals surface area contributed by atoms with Crippen molar-refractivity contribution in [3.63, 3.8) is 0 Å². The van der Waals surface area contributed by atoms with Crippen molar-refractivity contribution < 1.29 is 9.53 Å². The Labute approximate surface area is 154 Å². The van der Waals surface area contributed by atoms with Crippen molar-refractivity contribution in [1.82, 2.24) is 4.90 Å². The molecule has 1 amide bonds. The first-order valence-corrected chi connectivity index (χ1v) is 9.40. The van der Waals surface area contributed by atoms with Gasteiger partial charge in [-0.25, -0.2) is 0 Å². The van der Waals surface area contributed by atoms with Gasteiger partial charge in [-0.15, -0.1) is 0 Å². The lowest BCUT2D eigenvalue weighted by Crippen LogP contribution is -2.62. The monoisotopic (exact) mass is 345 g/mol. The zero-order valence-corrected chi connectivity index (χ0v) is 15.0. The Kier molecular flexibility index (Phi) is 3.38. The highest BCUT2D eigenvalue weighted by Gasteiger charge is 2.60. The van der Waals surface area contributed by atoms with Crippen LogP contribution in [0.3, 0.4) is 0 Å². The molecule has 3 heteroatoms. The van der Waals surface area contributed by atoms with Crippen LogP contribution in [0.5, 0.6) is 0 Å². The molecule has 2 fully saturated rings. The van der Waals surface area contributed by atoms with Crippen molar-refractivity contribution in [2.24, 2.45) is 5.92 Å². The lowest BCUT2D eigenvalue weighted by atomic mass is 9.65. The van der Waals surface area contributed by atoms with E-state index in [4.69, 9.17) is 4.74 Å². The number of benzene rings is 2. The lowest BCUT2D eigenvalue weighted by molar-refractivity contribution is -0.147. The summed E-state index contributed by atoms with van der Waals surface area (Å²) in [5.74, 6) is 0.520. The summed E-state index contributed by atoms with van der Waals surface area (Å²) in [6.07, 6.45) is 6.52. The van der Waals surface area contributed by atoms with Crippen LogP contribution in [0.2, 0.25) is 0 Å². The molecule has 0 N–H and O–H groups in total. The molecule has 0 radical (unpaired) electrons. The molecule has 0 aromatic heterocycles. The maximum Gasteiger partial charge on any atom is 0.220 e. The fourth-order valence-corrected chi connectivity index (χ4v) is 5.32. The van der Waals surface area contributed by atoms with Gasteiger partial charge in [0.05, 0.1) is 18.2 Å². The lowest BCUT2D eigenvalue weighted by Gasteiger charge is -2.54. The molecule has 2 aromatic carbocycles. The van der Waals surface area contributed by atoms with Gasteiger partial charge in [0.25, 0.3) is 0 Å². The molecule has 3 heterocycles. The molecule has 1 spiro atoms. The normalized spacial score (nSPS) is 31.0. The molecule has 132 valence electrons. The molecule has 3 aliphatic heterocycles. The summed E-state index contributed by atoms with van der Waals surface area (Å²) in [7, 11) is 0. The number of fused-ring (bicyclic) bond motifs is 1. The van der Waals surface area contributed by atoms with Crippen LogP contribution >= 0.6 is 0 Å². The van der Waals surface area contributed by atoms with Gasteiger partial charge in [0.1, 0.15) is 5.60 Å². The van der Waals surface area contributed by atoms with Crippen molar-refractivity contribution in [2.75, 3.05) is 6.54 Å². The fraction of sp³-hybridized carbons (Fsp3) is 0.348. The Hall–Kier alpha value is -2.39. The number of ether oxygens (including phenoxy) is 1. The first kappa shape index (κ1) is 15.8. The highest BCUT2D eigenvalue weighted by atomic mass is 16.5. The van der Waals surface area contributed by atoms with Gasteiger partial charge in [-0.3, -0.25) is 4.79 Å². The third kappa shape index (κ3) is 2.07. The third-order valence-electron chi connectivity index (χ3n) is 6.46. The Balaban J connectivity index is 1.72. The van der Waals surface area contributed by atoms with Crippen molar-refractivity contribution in [1.29, 1.82) is 0 Å². The van der Waals surface area contributed by atoms with Crippen molar-refractivity contribution in [3.05, 3.63) is 83.9 Å². The molecular formula is C23H23NO2.